The van der Waals surface area contributed by atoms with E-state index >= 15 is 0 Å². The molecule has 0 spiro atoms. The van der Waals surface area contributed by atoms with E-state index in [4.69, 9.17) is 0 Å². The van der Waals surface area contributed by atoms with Gasteiger partial charge in [-0.2, -0.15) is 0 Å². The fourth-order valence-electron chi connectivity index (χ4n) is 2.51. The summed E-state index contributed by atoms with van der Waals surface area (Å²) in [5.41, 5.74) is 1.85. The third kappa shape index (κ3) is 5.20. The van der Waals surface area contributed by atoms with Crippen molar-refractivity contribution in [3.63, 3.8) is 0 Å². The lowest BCUT2D eigenvalue weighted by atomic mass is 10.1. The Labute approximate surface area is 171 Å². The van der Waals surface area contributed by atoms with E-state index in [0.717, 1.165) is 22.5 Å². The first kappa shape index (κ1) is 20.1. The van der Waals surface area contributed by atoms with Gasteiger partial charge in [0.25, 0.3) is 0 Å². The average molecular weight is 416 g/mol. The first-order chi connectivity index (χ1) is 13.6. The lowest BCUT2D eigenvalue weighted by Gasteiger charge is -2.17. The zero-order chi connectivity index (χ0) is 19.9. The number of nitrogens with zero attached hydrogens (tertiary/aromatic N) is 3. The van der Waals surface area contributed by atoms with Gasteiger partial charge in [0.05, 0.1) is 17.2 Å². The topological polar surface area (TPSA) is 91.0 Å². The summed E-state index contributed by atoms with van der Waals surface area (Å²) >= 11 is 2.81. The molecule has 3 aromatic rings. The smallest absolute Gasteiger partial charge is 0.243 e. The second-order valence-electron chi connectivity index (χ2n) is 6.04. The maximum atomic E-state index is 12.3. The van der Waals surface area contributed by atoms with Gasteiger partial charge in [0.2, 0.25) is 17.0 Å². The number of nitrogens with one attached hydrogen (secondary N) is 2. The number of likely N-dealkylation sites (N-methyl/N-ethyl adjacent to an activating group) is 1. The van der Waals surface area contributed by atoms with E-state index in [1.54, 1.807) is 18.4 Å². The predicted molar refractivity (Wildman–Crippen MR) is 113 cm³/mol. The van der Waals surface area contributed by atoms with E-state index in [1.807, 2.05) is 48.7 Å². The molecule has 9 heteroatoms. The molecule has 1 aromatic carbocycles. The molecule has 2 heterocycles. The highest BCUT2D eigenvalue weighted by atomic mass is 32.2. The highest BCUT2D eigenvalue weighted by Gasteiger charge is 2.16. The van der Waals surface area contributed by atoms with Crippen molar-refractivity contribution in [2.45, 2.75) is 18.5 Å². The van der Waals surface area contributed by atoms with Crippen molar-refractivity contribution in [2.24, 2.45) is 0 Å². The zero-order valence-corrected chi connectivity index (χ0v) is 17.3. The predicted octanol–water partition coefficient (Wildman–Crippen LogP) is 3.28. The molecule has 0 saturated carbocycles. The molecule has 146 valence electrons. The number of hydrogen-bond donors (Lipinski definition) is 2. The summed E-state index contributed by atoms with van der Waals surface area (Å²) in [5, 5.41) is 12.3. The number of aromatic nitrogens is 3. The van der Waals surface area contributed by atoms with Crippen LogP contribution in [0.2, 0.25) is 0 Å². The highest BCUT2D eigenvalue weighted by Crippen LogP contribution is 2.23. The summed E-state index contributed by atoms with van der Waals surface area (Å²) in [7, 11) is 1.61. The van der Waals surface area contributed by atoms with Gasteiger partial charge in [-0.15, -0.1) is 16.4 Å². The second-order valence-corrected chi connectivity index (χ2v) is 7.93. The molecule has 2 aromatic heterocycles. The number of H-pyrrole nitrogens is 1. The van der Waals surface area contributed by atoms with Crippen molar-refractivity contribution in [3.05, 3.63) is 47.3 Å². The van der Waals surface area contributed by atoms with Crippen LogP contribution in [-0.4, -0.2) is 51.2 Å². The number of amides is 2. The number of thioether (sulfide) groups is 1. The standard InChI is InChI=1S/C19H21N5O2S2/c1-3-13-7-4-5-8-14(13)20-16(25)11-24(2)17(26)12-28-19-21-18(22-23-19)15-9-6-10-27-15/h4-10H,3,11-12H2,1-2H3,(H,20,25)(H,21,22,23). The second kappa shape index (κ2) is 9.52. The Kier molecular flexibility index (Phi) is 6.83. The zero-order valence-electron chi connectivity index (χ0n) is 15.6. The molecule has 3 rings (SSSR count). The molecule has 7 nitrogen and oxygen atoms in total. The van der Waals surface area contributed by atoms with E-state index < -0.39 is 0 Å². The van der Waals surface area contributed by atoms with Crippen LogP contribution in [0, 0.1) is 0 Å². The van der Waals surface area contributed by atoms with E-state index in [-0.39, 0.29) is 24.1 Å². The van der Waals surface area contributed by atoms with Crippen molar-refractivity contribution in [1.82, 2.24) is 20.1 Å². The lowest BCUT2D eigenvalue weighted by Crippen LogP contribution is -2.36. The van der Waals surface area contributed by atoms with Gasteiger partial charge in [-0.05, 0) is 29.5 Å². The summed E-state index contributed by atoms with van der Waals surface area (Å²) in [6.45, 7) is 2.02. The first-order valence-electron chi connectivity index (χ1n) is 8.77. The third-order valence-corrected chi connectivity index (χ3v) is 5.73. The van der Waals surface area contributed by atoms with Crippen molar-refractivity contribution >= 4 is 40.6 Å². The Morgan fingerprint density at radius 2 is 2.07 bits per heavy atom. The molecule has 2 amide bonds. The number of para-hydroxylation sites is 1. The summed E-state index contributed by atoms with van der Waals surface area (Å²) in [6.07, 6.45) is 0.825. The van der Waals surface area contributed by atoms with Gasteiger partial charge in [-0.3, -0.25) is 14.7 Å². The van der Waals surface area contributed by atoms with Crippen LogP contribution in [0.5, 0.6) is 0 Å². The molecule has 0 bridgehead atoms. The van der Waals surface area contributed by atoms with E-state index in [2.05, 4.69) is 20.5 Å². The molecule has 0 unspecified atom stereocenters. The van der Waals surface area contributed by atoms with E-state index in [1.165, 1.54) is 16.7 Å². The Bertz CT molecular complexity index is 939. The molecule has 0 aliphatic rings. The molecule has 28 heavy (non-hydrogen) atoms. The minimum Gasteiger partial charge on any atom is -0.336 e. The van der Waals surface area contributed by atoms with Gasteiger partial charge < -0.3 is 10.2 Å². The van der Waals surface area contributed by atoms with Crippen LogP contribution < -0.4 is 5.32 Å². The Morgan fingerprint density at radius 1 is 1.25 bits per heavy atom. The van der Waals surface area contributed by atoms with E-state index in [0.29, 0.717) is 11.0 Å². The molecule has 0 aliphatic heterocycles. The molecule has 0 saturated heterocycles. The molecule has 0 aliphatic carbocycles. The normalized spacial score (nSPS) is 10.6. The number of carbonyl (C=O) groups excluding carboxylic acids is 2. The van der Waals surface area contributed by atoms with Gasteiger partial charge in [-0.25, -0.2) is 4.98 Å². The summed E-state index contributed by atoms with van der Waals surface area (Å²) in [4.78, 5) is 31.4. The molecule has 0 atom stereocenters. The van der Waals surface area contributed by atoms with Crippen LogP contribution in [0.15, 0.2) is 46.9 Å². The quantitative estimate of drug-likeness (QED) is 0.551. The molecule has 0 fully saturated rings. The molecular formula is C19H21N5O2S2. The Balaban J connectivity index is 1.48. The lowest BCUT2D eigenvalue weighted by molar-refractivity contribution is -0.131. The van der Waals surface area contributed by atoms with Crippen LogP contribution >= 0.6 is 23.1 Å². The average Bonchev–Trinajstić information content (AvgIpc) is 3.38. The van der Waals surface area contributed by atoms with Gasteiger partial charge in [0, 0.05) is 12.7 Å². The van der Waals surface area contributed by atoms with Crippen LogP contribution in [0.25, 0.3) is 10.7 Å². The Hall–Kier alpha value is -2.65. The van der Waals surface area contributed by atoms with Gasteiger partial charge in [0.15, 0.2) is 5.82 Å². The number of rotatable bonds is 8. The number of benzene rings is 1. The van der Waals surface area contributed by atoms with Crippen LogP contribution in [0.4, 0.5) is 5.69 Å². The fraction of sp³-hybridized carbons (Fsp3) is 0.263. The minimum absolute atomic E-state index is 0.00805. The minimum atomic E-state index is -0.223. The summed E-state index contributed by atoms with van der Waals surface area (Å²) in [6, 6.07) is 11.5. The van der Waals surface area contributed by atoms with Crippen molar-refractivity contribution < 1.29 is 9.59 Å². The number of thiophene rings is 1. The first-order valence-corrected chi connectivity index (χ1v) is 10.6. The van der Waals surface area contributed by atoms with Crippen molar-refractivity contribution in [3.8, 4) is 10.7 Å². The van der Waals surface area contributed by atoms with Gasteiger partial charge in [0.1, 0.15) is 0 Å². The number of aryl methyl sites for hydroxylation is 1. The number of carbonyl (C=O) groups is 2. The van der Waals surface area contributed by atoms with Gasteiger partial charge in [-0.1, -0.05) is 43.0 Å². The fourth-order valence-corrected chi connectivity index (χ4v) is 3.92. The highest BCUT2D eigenvalue weighted by molar-refractivity contribution is 7.99. The van der Waals surface area contributed by atoms with Crippen molar-refractivity contribution in [1.29, 1.82) is 0 Å². The van der Waals surface area contributed by atoms with Crippen LogP contribution in [0.3, 0.4) is 0 Å². The summed E-state index contributed by atoms with van der Waals surface area (Å²) < 4.78 is 0. The van der Waals surface area contributed by atoms with Gasteiger partial charge >= 0.3 is 0 Å². The van der Waals surface area contributed by atoms with Crippen LogP contribution in [-0.2, 0) is 16.0 Å². The third-order valence-electron chi connectivity index (χ3n) is 4.02. The van der Waals surface area contributed by atoms with E-state index in [9.17, 15) is 9.59 Å². The maximum Gasteiger partial charge on any atom is 0.243 e. The maximum absolute atomic E-state index is 12.3. The SMILES string of the molecule is CCc1ccccc1NC(=O)CN(C)C(=O)CSc1n[nH]c(-c2cccs2)n1. The number of hydrogen-bond acceptors (Lipinski definition) is 6. The summed E-state index contributed by atoms with van der Waals surface area (Å²) in [5.74, 6) is 0.468. The number of anilines is 1. The molecule has 0 radical (unpaired) electrons. The number of aromatic amines is 1. The monoisotopic (exact) mass is 415 g/mol. The Morgan fingerprint density at radius 3 is 2.82 bits per heavy atom. The van der Waals surface area contributed by atoms with Crippen LogP contribution in [0.1, 0.15) is 12.5 Å². The van der Waals surface area contributed by atoms with Crippen molar-refractivity contribution in [2.75, 3.05) is 24.7 Å². The molecule has 2 N–H and O–H groups in total. The molecular weight excluding hydrogens is 394 g/mol. The largest absolute Gasteiger partial charge is 0.336 e.